The Morgan fingerprint density at radius 1 is 1.17 bits per heavy atom. The number of aliphatic hydroxyl groups excluding tert-OH is 1. The fourth-order valence-electron chi connectivity index (χ4n) is 2.80. The third-order valence-corrected chi connectivity index (χ3v) is 3.98. The Morgan fingerprint density at radius 3 is 2.43 bits per heavy atom. The predicted octanol–water partition coefficient (Wildman–Crippen LogP) is 2.72. The zero-order chi connectivity index (χ0) is 16.9. The van der Waals surface area contributed by atoms with Gasteiger partial charge in [-0.1, -0.05) is 23.8 Å². The van der Waals surface area contributed by atoms with Crippen molar-refractivity contribution in [3.8, 4) is 0 Å². The number of hydrogen-bond donors (Lipinski definition) is 1. The average molecular weight is 328 g/mol. The molecular weight excluding hydrogens is 305 g/mol. The second kappa shape index (κ2) is 7.95. The number of halogens is 3. The van der Waals surface area contributed by atoms with Crippen molar-refractivity contribution in [2.75, 3.05) is 45.9 Å². The van der Waals surface area contributed by atoms with E-state index in [1.54, 1.807) is 6.07 Å². The van der Waals surface area contributed by atoms with E-state index >= 15 is 0 Å². The second-order valence-electron chi connectivity index (χ2n) is 5.96. The van der Waals surface area contributed by atoms with E-state index in [9.17, 15) is 13.2 Å². The molecule has 1 heterocycles. The summed E-state index contributed by atoms with van der Waals surface area (Å²) in [6.07, 6.45) is -2.49. The monoisotopic (exact) mass is 328 g/mol. The zero-order valence-corrected chi connectivity index (χ0v) is 13.3. The summed E-state index contributed by atoms with van der Waals surface area (Å²) in [6.45, 7) is 7.22. The molecule has 23 heavy (non-hydrogen) atoms. The molecule has 0 amide bonds. The van der Waals surface area contributed by atoms with Gasteiger partial charge in [0.2, 0.25) is 0 Å². The summed E-state index contributed by atoms with van der Waals surface area (Å²) in [4.78, 5) is 4.50. The molecule has 0 atom stereocenters. The van der Waals surface area contributed by atoms with Gasteiger partial charge in [-0.3, -0.25) is 9.80 Å². The number of alkyl halides is 3. The molecule has 1 aromatic rings. The molecule has 128 valence electrons. The first kappa shape index (κ1) is 18.0. The van der Waals surface area contributed by atoms with Gasteiger partial charge in [0.25, 0.3) is 0 Å². The average Bonchev–Trinajstić information content (AvgIpc) is 2.49. The lowest BCUT2D eigenvalue weighted by molar-refractivity contribution is -0.137. The van der Waals surface area contributed by atoms with Crippen molar-refractivity contribution in [2.24, 2.45) is 0 Å². The summed E-state index contributed by atoms with van der Waals surface area (Å²) >= 11 is 0. The van der Waals surface area contributed by atoms with Gasteiger partial charge < -0.3 is 5.11 Å². The van der Waals surface area contributed by atoms with Crippen molar-refractivity contribution < 1.29 is 18.3 Å². The first-order chi connectivity index (χ1) is 10.9. The fourth-order valence-corrected chi connectivity index (χ4v) is 2.80. The van der Waals surface area contributed by atoms with Gasteiger partial charge in [-0.25, -0.2) is 0 Å². The molecule has 2 rings (SSSR count). The van der Waals surface area contributed by atoms with E-state index in [0.717, 1.165) is 44.4 Å². The second-order valence-corrected chi connectivity index (χ2v) is 5.96. The van der Waals surface area contributed by atoms with Crippen LogP contribution in [0.4, 0.5) is 13.2 Å². The lowest BCUT2D eigenvalue weighted by atomic mass is 10.1. The van der Waals surface area contributed by atoms with Gasteiger partial charge in [0.05, 0.1) is 12.2 Å². The van der Waals surface area contributed by atoms with Gasteiger partial charge in [0, 0.05) is 39.3 Å². The van der Waals surface area contributed by atoms with E-state index in [1.165, 1.54) is 12.1 Å². The molecule has 0 unspecified atom stereocenters. The van der Waals surface area contributed by atoms with Crippen molar-refractivity contribution in [3.05, 3.63) is 41.0 Å². The Balaban J connectivity index is 1.93. The number of rotatable bonds is 5. The molecule has 3 nitrogen and oxygen atoms in total. The molecule has 0 spiro atoms. The van der Waals surface area contributed by atoms with Crippen LogP contribution in [-0.4, -0.2) is 60.8 Å². The molecule has 0 aromatic heterocycles. The first-order valence-corrected chi connectivity index (χ1v) is 7.78. The maximum Gasteiger partial charge on any atom is 0.416 e. The van der Waals surface area contributed by atoms with Crippen LogP contribution in [0.5, 0.6) is 0 Å². The molecule has 1 aliphatic heterocycles. The lowest BCUT2D eigenvalue weighted by Gasteiger charge is -2.34. The largest absolute Gasteiger partial charge is 0.416 e. The molecule has 0 radical (unpaired) electrons. The molecule has 1 saturated heterocycles. The summed E-state index contributed by atoms with van der Waals surface area (Å²) in [5, 5.41) is 8.93. The Hall–Kier alpha value is -1.37. The Kier molecular flexibility index (Phi) is 6.21. The molecule has 0 bridgehead atoms. The molecule has 6 heteroatoms. The third kappa shape index (κ3) is 5.64. The van der Waals surface area contributed by atoms with Crippen molar-refractivity contribution in [3.63, 3.8) is 0 Å². The third-order valence-electron chi connectivity index (χ3n) is 3.98. The van der Waals surface area contributed by atoms with Gasteiger partial charge >= 0.3 is 6.18 Å². The normalized spacial score (nSPS) is 18.4. The summed E-state index contributed by atoms with van der Waals surface area (Å²) in [6, 6.07) is 5.41. The first-order valence-electron chi connectivity index (χ1n) is 7.78. The molecule has 0 aliphatic carbocycles. The van der Waals surface area contributed by atoms with Gasteiger partial charge in [-0.15, -0.1) is 0 Å². The van der Waals surface area contributed by atoms with Crippen LogP contribution in [0.1, 0.15) is 18.1 Å². The molecule has 1 N–H and O–H groups in total. The maximum atomic E-state index is 12.7. The number of β-amino-alcohol motifs (C(OH)–C–C–N with tert-alkyl or cyclic N) is 1. The van der Waals surface area contributed by atoms with E-state index in [0.29, 0.717) is 12.1 Å². The smallest absolute Gasteiger partial charge is 0.395 e. The van der Waals surface area contributed by atoms with Crippen LogP contribution in [0, 0.1) is 0 Å². The Morgan fingerprint density at radius 2 is 1.83 bits per heavy atom. The Bertz CT molecular complexity index is 535. The van der Waals surface area contributed by atoms with Crippen LogP contribution >= 0.6 is 0 Å². The highest BCUT2D eigenvalue weighted by molar-refractivity contribution is 5.54. The molecule has 1 fully saturated rings. The predicted molar refractivity (Wildman–Crippen MR) is 85.1 cm³/mol. The zero-order valence-electron chi connectivity index (χ0n) is 13.3. The van der Waals surface area contributed by atoms with Crippen LogP contribution in [0.15, 0.2) is 29.8 Å². The highest BCUT2D eigenvalue weighted by Gasteiger charge is 2.30. The number of piperazine rings is 1. The van der Waals surface area contributed by atoms with Crippen molar-refractivity contribution >= 4 is 6.08 Å². The summed E-state index contributed by atoms with van der Waals surface area (Å²) in [5.74, 6) is 0. The van der Waals surface area contributed by atoms with Crippen LogP contribution < -0.4 is 0 Å². The molecule has 1 aromatic carbocycles. The molecule has 0 saturated carbocycles. The fraction of sp³-hybridized carbons (Fsp3) is 0.529. The number of hydrogen-bond acceptors (Lipinski definition) is 3. The van der Waals surface area contributed by atoms with Crippen LogP contribution in [0.25, 0.3) is 6.08 Å². The van der Waals surface area contributed by atoms with Gasteiger partial charge in [-0.05, 0) is 24.6 Å². The maximum absolute atomic E-state index is 12.7. The van der Waals surface area contributed by atoms with Crippen molar-refractivity contribution in [1.82, 2.24) is 9.80 Å². The van der Waals surface area contributed by atoms with Gasteiger partial charge in [0.1, 0.15) is 0 Å². The van der Waals surface area contributed by atoms with Crippen molar-refractivity contribution in [2.45, 2.75) is 13.1 Å². The van der Waals surface area contributed by atoms with E-state index in [2.05, 4.69) is 9.80 Å². The highest BCUT2D eigenvalue weighted by atomic mass is 19.4. The van der Waals surface area contributed by atoms with Crippen LogP contribution in [-0.2, 0) is 6.18 Å². The number of aliphatic hydroxyl groups is 1. The van der Waals surface area contributed by atoms with Crippen molar-refractivity contribution in [1.29, 1.82) is 0 Å². The summed E-state index contributed by atoms with van der Waals surface area (Å²) in [5.41, 5.74) is 1.01. The molecule has 1 aliphatic rings. The van der Waals surface area contributed by atoms with Crippen LogP contribution in [0.3, 0.4) is 0 Å². The van der Waals surface area contributed by atoms with Crippen LogP contribution in [0.2, 0.25) is 0 Å². The van der Waals surface area contributed by atoms with E-state index in [1.807, 2.05) is 13.0 Å². The summed E-state index contributed by atoms with van der Waals surface area (Å²) < 4.78 is 38.2. The van der Waals surface area contributed by atoms with E-state index < -0.39 is 11.7 Å². The minimum Gasteiger partial charge on any atom is -0.395 e. The van der Waals surface area contributed by atoms with Gasteiger partial charge in [-0.2, -0.15) is 13.2 Å². The Labute approximate surface area is 135 Å². The minimum absolute atomic E-state index is 0.175. The SMILES string of the molecule is CC(=Cc1cccc(C(F)(F)F)c1)CN1CCN(CCO)CC1. The topological polar surface area (TPSA) is 26.7 Å². The van der Waals surface area contributed by atoms with Gasteiger partial charge in [0.15, 0.2) is 0 Å². The van der Waals surface area contributed by atoms with E-state index in [4.69, 9.17) is 5.11 Å². The molecular formula is C17H23F3N2O. The lowest BCUT2D eigenvalue weighted by Crippen LogP contribution is -2.47. The minimum atomic E-state index is -4.30. The highest BCUT2D eigenvalue weighted by Crippen LogP contribution is 2.29. The summed E-state index contributed by atoms with van der Waals surface area (Å²) in [7, 11) is 0. The number of benzene rings is 1. The quantitative estimate of drug-likeness (QED) is 0.900. The van der Waals surface area contributed by atoms with E-state index in [-0.39, 0.29) is 6.61 Å². The number of nitrogens with zero attached hydrogens (tertiary/aromatic N) is 2. The standard InChI is InChI=1S/C17H23F3N2O/c1-14(13-22-7-5-21(6-8-22)9-10-23)11-15-3-2-4-16(12-15)17(18,19)20/h2-4,11-12,23H,5-10,13H2,1H3.